The first-order valence-corrected chi connectivity index (χ1v) is 7.10. The second kappa shape index (κ2) is 5.08. The van der Waals surface area contributed by atoms with Crippen molar-refractivity contribution in [2.45, 2.75) is 33.1 Å². The van der Waals surface area contributed by atoms with Crippen LogP contribution in [0, 0.1) is 6.92 Å². The quantitative estimate of drug-likeness (QED) is 0.709. The van der Waals surface area contributed by atoms with Crippen LogP contribution in [0.2, 0.25) is 0 Å². The molecule has 20 heavy (non-hydrogen) atoms. The smallest absolute Gasteiger partial charge is 0.153 e. The topological polar surface area (TPSA) is 30.2 Å². The van der Waals surface area contributed by atoms with Crippen molar-refractivity contribution >= 4 is 5.65 Å². The van der Waals surface area contributed by atoms with Gasteiger partial charge in [0.1, 0.15) is 0 Å². The molecule has 0 N–H and O–H groups in total. The van der Waals surface area contributed by atoms with Gasteiger partial charge in [0.15, 0.2) is 5.65 Å². The maximum Gasteiger partial charge on any atom is 0.153 e. The maximum absolute atomic E-state index is 4.62. The van der Waals surface area contributed by atoms with Gasteiger partial charge in [-0.2, -0.15) is 5.10 Å². The van der Waals surface area contributed by atoms with Gasteiger partial charge in [-0.05, 0) is 37.0 Å². The van der Waals surface area contributed by atoms with Crippen LogP contribution in [-0.2, 0) is 0 Å². The van der Waals surface area contributed by atoms with Gasteiger partial charge in [0.2, 0.25) is 0 Å². The first-order chi connectivity index (χ1) is 9.67. The summed E-state index contributed by atoms with van der Waals surface area (Å²) >= 11 is 0. The molecule has 2 heterocycles. The van der Waals surface area contributed by atoms with Crippen LogP contribution in [-0.4, -0.2) is 14.6 Å². The van der Waals surface area contributed by atoms with Gasteiger partial charge in [-0.3, -0.25) is 0 Å². The molecule has 0 bridgehead atoms. The molecule has 3 heteroatoms. The van der Waals surface area contributed by atoms with Crippen molar-refractivity contribution in [1.29, 1.82) is 0 Å². The molecule has 0 saturated carbocycles. The normalized spacial score (nSPS) is 12.8. The lowest BCUT2D eigenvalue weighted by Gasteiger charge is -2.09. The van der Waals surface area contributed by atoms with E-state index in [1.807, 2.05) is 29.8 Å². The lowest BCUT2D eigenvalue weighted by Crippen LogP contribution is -1.94. The minimum Gasteiger partial charge on any atom is -0.232 e. The summed E-state index contributed by atoms with van der Waals surface area (Å²) in [4.78, 5) is 4.40. The molecular weight excluding hydrogens is 246 g/mol. The van der Waals surface area contributed by atoms with Gasteiger partial charge in [-0.1, -0.05) is 38.1 Å². The summed E-state index contributed by atoms with van der Waals surface area (Å²) in [7, 11) is 0. The average molecular weight is 265 g/mol. The number of imidazole rings is 1. The Hall–Kier alpha value is -2.16. The minimum absolute atomic E-state index is 0.607. The fourth-order valence-corrected chi connectivity index (χ4v) is 2.37. The van der Waals surface area contributed by atoms with Crippen LogP contribution in [0.3, 0.4) is 0 Å². The van der Waals surface area contributed by atoms with Crippen molar-refractivity contribution in [3.8, 4) is 11.3 Å². The second-order valence-corrected chi connectivity index (χ2v) is 5.33. The van der Waals surface area contributed by atoms with Gasteiger partial charge in [0.25, 0.3) is 0 Å². The standard InChI is InChI=1S/C17H19N3/c1-4-12(2)14-5-7-15(8-6-14)16-9-10-17-18-13(3)11-20(17)19-16/h5-12H,4H2,1-3H3. The van der Waals surface area contributed by atoms with E-state index in [2.05, 4.69) is 48.2 Å². The summed E-state index contributed by atoms with van der Waals surface area (Å²) in [6.07, 6.45) is 3.12. The number of hydrogen-bond donors (Lipinski definition) is 0. The number of aromatic nitrogens is 3. The molecule has 102 valence electrons. The Balaban J connectivity index is 1.97. The Bertz CT molecular complexity index is 726. The molecule has 1 atom stereocenters. The number of rotatable bonds is 3. The van der Waals surface area contributed by atoms with Crippen LogP contribution < -0.4 is 0 Å². The highest BCUT2D eigenvalue weighted by atomic mass is 15.2. The Morgan fingerprint density at radius 3 is 2.55 bits per heavy atom. The van der Waals surface area contributed by atoms with Gasteiger partial charge < -0.3 is 0 Å². The first kappa shape index (κ1) is 12.9. The highest BCUT2D eigenvalue weighted by Crippen LogP contribution is 2.23. The summed E-state index contributed by atoms with van der Waals surface area (Å²) < 4.78 is 1.84. The highest BCUT2D eigenvalue weighted by Gasteiger charge is 2.06. The third kappa shape index (κ3) is 2.31. The Morgan fingerprint density at radius 2 is 1.85 bits per heavy atom. The monoisotopic (exact) mass is 265 g/mol. The second-order valence-electron chi connectivity index (χ2n) is 5.33. The van der Waals surface area contributed by atoms with Crippen LogP contribution in [0.1, 0.15) is 37.4 Å². The lowest BCUT2D eigenvalue weighted by molar-refractivity contribution is 0.734. The van der Waals surface area contributed by atoms with E-state index in [-0.39, 0.29) is 0 Å². The third-order valence-corrected chi connectivity index (χ3v) is 3.83. The van der Waals surface area contributed by atoms with Crippen LogP contribution in [0.5, 0.6) is 0 Å². The molecular formula is C17H19N3. The molecule has 1 unspecified atom stereocenters. The maximum atomic E-state index is 4.62. The van der Waals surface area contributed by atoms with E-state index in [4.69, 9.17) is 0 Å². The zero-order valence-electron chi connectivity index (χ0n) is 12.2. The first-order valence-electron chi connectivity index (χ1n) is 7.10. The molecule has 0 amide bonds. The summed E-state index contributed by atoms with van der Waals surface area (Å²) in [6, 6.07) is 12.7. The minimum atomic E-state index is 0.607. The molecule has 0 radical (unpaired) electrons. The predicted molar refractivity (Wildman–Crippen MR) is 81.9 cm³/mol. The highest BCUT2D eigenvalue weighted by molar-refractivity contribution is 5.60. The predicted octanol–water partition coefficient (Wildman–Crippen LogP) is 4.22. The van der Waals surface area contributed by atoms with Crippen molar-refractivity contribution in [2.75, 3.05) is 0 Å². The lowest BCUT2D eigenvalue weighted by atomic mass is 9.97. The SMILES string of the molecule is CCC(C)c1ccc(-c2ccc3nc(C)cn3n2)cc1. The molecule has 0 aliphatic carbocycles. The Morgan fingerprint density at radius 1 is 1.10 bits per heavy atom. The molecule has 3 aromatic rings. The number of fused-ring (bicyclic) bond motifs is 1. The zero-order valence-corrected chi connectivity index (χ0v) is 12.2. The van der Waals surface area contributed by atoms with Crippen molar-refractivity contribution in [1.82, 2.24) is 14.6 Å². The van der Waals surface area contributed by atoms with Gasteiger partial charge in [-0.25, -0.2) is 9.50 Å². The van der Waals surface area contributed by atoms with E-state index in [0.29, 0.717) is 5.92 Å². The van der Waals surface area contributed by atoms with E-state index in [1.54, 1.807) is 0 Å². The van der Waals surface area contributed by atoms with Crippen molar-refractivity contribution in [3.05, 3.63) is 53.9 Å². The van der Waals surface area contributed by atoms with E-state index in [0.717, 1.165) is 29.0 Å². The summed E-state index contributed by atoms with van der Waals surface area (Å²) in [5.74, 6) is 0.607. The zero-order chi connectivity index (χ0) is 14.1. The van der Waals surface area contributed by atoms with Crippen LogP contribution in [0.4, 0.5) is 0 Å². The van der Waals surface area contributed by atoms with Gasteiger partial charge in [0, 0.05) is 5.56 Å². The Kier molecular flexibility index (Phi) is 3.26. The molecule has 3 rings (SSSR count). The Labute approximate surface area is 119 Å². The molecule has 2 aromatic heterocycles. The van der Waals surface area contributed by atoms with Crippen LogP contribution >= 0.6 is 0 Å². The molecule has 0 saturated heterocycles. The van der Waals surface area contributed by atoms with E-state index >= 15 is 0 Å². The number of hydrogen-bond acceptors (Lipinski definition) is 2. The van der Waals surface area contributed by atoms with Crippen molar-refractivity contribution in [2.24, 2.45) is 0 Å². The number of aryl methyl sites for hydroxylation is 1. The molecule has 1 aromatic carbocycles. The van der Waals surface area contributed by atoms with E-state index in [9.17, 15) is 0 Å². The number of benzene rings is 1. The van der Waals surface area contributed by atoms with Crippen molar-refractivity contribution in [3.63, 3.8) is 0 Å². The molecule has 3 nitrogen and oxygen atoms in total. The van der Waals surface area contributed by atoms with E-state index in [1.165, 1.54) is 5.56 Å². The molecule has 0 aliphatic heterocycles. The van der Waals surface area contributed by atoms with Gasteiger partial charge in [0.05, 0.1) is 17.6 Å². The summed E-state index contributed by atoms with van der Waals surface area (Å²) in [5.41, 5.74) is 5.39. The van der Waals surface area contributed by atoms with Crippen molar-refractivity contribution < 1.29 is 0 Å². The summed E-state index contributed by atoms with van der Waals surface area (Å²) in [6.45, 7) is 6.46. The third-order valence-electron chi connectivity index (χ3n) is 3.83. The van der Waals surface area contributed by atoms with Gasteiger partial charge >= 0.3 is 0 Å². The molecule has 0 aliphatic rings. The summed E-state index contributed by atoms with van der Waals surface area (Å²) in [5, 5.41) is 4.62. The molecule has 0 fully saturated rings. The van der Waals surface area contributed by atoms with Gasteiger partial charge in [-0.15, -0.1) is 0 Å². The van der Waals surface area contributed by atoms with Crippen LogP contribution in [0.15, 0.2) is 42.6 Å². The van der Waals surface area contributed by atoms with E-state index < -0.39 is 0 Å². The number of nitrogens with zero attached hydrogens (tertiary/aromatic N) is 3. The van der Waals surface area contributed by atoms with Crippen LogP contribution in [0.25, 0.3) is 16.9 Å². The fourth-order valence-electron chi connectivity index (χ4n) is 2.37. The average Bonchev–Trinajstić information content (AvgIpc) is 2.85. The fraction of sp³-hybridized carbons (Fsp3) is 0.294. The molecule has 0 spiro atoms. The largest absolute Gasteiger partial charge is 0.232 e.